The zero-order chi connectivity index (χ0) is 15.4. The summed E-state index contributed by atoms with van der Waals surface area (Å²) in [6.45, 7) is 0. The lowest BCUT2D eigenvalue weighted by Crippen LogP contribution is -2.17. The molecule has 0 aliphatic heterocycles. The first-order valence-electron chi connectivity index (χ1n) is 5.59. The Labute approximate surface area is 125 Å². The van der Waals surface area contributed by atoms with Gasteiger partial charge in [0.05, 0.1) is 22.0 Å². The molecule has 0 radical (unpaired) electrons. The van der Waals surface area contributed by atoms with Gasteiger partial charge in [-0.15, -0.1) is 11.6 Å². The maximum absolute atomic E-state index is 12.4. The van der Waals surface area contributed by atoms with Crippen LogP contribution in [0.1, 0.15) is 18.4 Å². The molecule has 0 amide bonds. The summed E-state index contributed by atoms with van der Waals surface area (Å²) in [4.78, 5) is 0. The van der Waals surface area contributed by atoms with Gasteiger partial charge < -0.3 is 0 Å². The maximum Gasteiger partial charge on any atom is 0.416 e. The van der Waals surface area contributed by atoms with Gasteiger partial charge in [0, 0.05) is 5.88 Å². The van der Waals surface area contributed by atoms with Gasteiger partial charge in [-0.3, -0.25) is 4.72 Å². The van der Waals surface area contributed by atoms with Crippen LogP contribution in [0.3, 0.4) is 0 Å². The molecular formula is C11H12Cl2F3NO2S. The minimum absolute atomic E-state index is 0.0782. The Kier molecular flexibility index (Phi) is 5.97. The largest absolute Gasteiger partial charge is 0.416 e. The Morgan fingerprint density at radius 3 is 2.35 bits per heavy atom. The van der Waals surface area contributed by atoms with Gasteiger partial charge in [0.1, 0.15) is 0 Å². The minimum atomic E-state index is -4.53. The van der Waals surface area contributed by atoms with Gasteiger partial charge in [0.15, 0.2) is 0 Å². The molecule has 0 atom stereocenters. The van der Waals surface area contributed by atoms with Gasteiger partial charge in [-0.2, -0.15) is 13.2 Å². The molecule has 0 fully saturated rings. The van der Waals surface area contributed by atoms with E-state index in [1.54, 1.807) is 0 Å². The first-order chi connectivity index (χ1) is 9.15. The number of hydrogen-bond acceptors (Lipinski definition) is 2. The van der Waals surface area contributed by atoms with E-state index < -0.39 is 21.8 Å². The number of unbranched alkanes of at least 4 members (excludes halogenated alkanes) is 1. The summed E-state index contributed by atoms with van der Waals surface area (Å²) in [6, 6.07) is 2.44. The highest BCUT2D eigenvalue weighted by atomic mass is 35.5. The Balaban J connectivity index is 2.83. The molecule has 1 N–H and O–H groups in total. The lowest BCUT2D eigenvalue weighted by Gasteiger charge is -2.12. The third-order valence-corrected chi connectivity index (χ3v) is 4.30. The smallest absolute Gasteiger partial charge is 0.282 e. The van der Waals surface area contributed by atoms with Crippen molar-refractivity contribution in [1.29, 1.82) is 0 Å². The number of halogens is 5. The molecule has 1 rings (SSSR count). The summed E-state index contributed by atoms with van der Waals surface area (Å²) < 4.78 is 62.8. The maximum atomic E-state index is 12.4. The monoisotopic (exact) mass is 349 g/mol. The van der Waals surface area contributed by atoms with Crippen LogP contribution in [0.25, 0.3) is 0 Å². The van der Waals surface area contributed by atoms with E-state index >= 15 is 0 Å². The lowest BCUT2D eigenvalue weighted by molar-refractivity contribution is -0.137. The van der Waals surface area contributed by atoms with E-state index in [-0.39, 0.29) is 16.5 Å². The summed E-state index contributed by atoms with van der Waals surface area (Å²) in [5.41, 5.74) is -1.02. The molecule has 0 saturated heterocycles. The summed E-state index contributed by atoms with van der Waals surface area (Å²) in [5, 5.41) is -0.305. The predicted molar refractivity (Wildman–Crippen MR) is 73.8 cm³/mol. The Hall–Kier alpha value is -0.660. The Bertz CT molecular complexity index is 561. The van der Waals surface area contributed by atoms with Gasteiger partial charge in [0.2, 0.25) is 10.0 Å². The molecule has 0 unspecified atom stereocenters. The number of anilines is 1. The van der Waals surface area contributed by atoms with Gasteiger partial charge >= 0.3 is 6.18 Å². The molecule has 0 aliphatic carbocycles. The molecule has 0 aliphatic rings. The standard InChI is InChI=1S/C11H12Cl2F3NO2S/c12-5-1-2-6-20(18,19)17-10-4-3-8(7-9(10)13)11(14,15)16/h3-4,7,17H,1-2,5-6H2. The quantitative estimate of drug-likeness (QED) is 0.620. The number of hydrogen-bond donors (Lipinski definition) is 1. The van der Waals surface area contributed by atoms with Gasteiger partial charge in [0.25, 0.3) is 0 Å². The fraction of sp³-hybridized carbons (Fsp3) is 0.455. The summed E-state index contributed by atoms with van der Waals surface area (Å²) in [5.74, 6) is 0.174. The van der Waals surface area contributed by atoms with Crippen molar-refractivity contribution >= 4 is 38.9 Å². The summed E-state index contributed by atoms with van der Waals surface area (Å²) in [6.07, 6.45) is -3.64. The fourth-order valence-corrected chi connectivity index (χ4v) is 3.05. The second-order valence-corrected chi connectivity index (χ2v) is 6.64. The molecule has 3 nitrogen and oxygen atoms in total. The van der Waals surface area contributed by atoms with Crippen LogP contribution >= 0.6 is 23.2 Å². The molecule has 9 heteroatoms. The molecule has 20 heavy (non-hydrogen) atoms. The van der Waals surface area contributed by atoms with Crippen LogP contribution in [-0.2, 0) is 16.2 Å². The lowest BCUT2D eigenvalue weighted by atomic mass is 10.2. The van der Waals surface area contributed by atoms with E-state index in [2.05, 4.69) is 4.72 Å². The van der Waals surface area contributed by atoms with E-state index in [9.17, 15) is 21.6 Å². The van der Waals surface area contributed by atoms with E-state index in [4.69, 9.17) is 23.2 Å². The van der Waals surface area contributed by atoms with Crippen molar-refractivity contribution in [1.82, 2.24) is 0 Å². The van der Waals surface area contributed by atoms with Crippen molar-refractivity contribution in [2.75, 3.05) is 16.4 Å². The first-order valence-corrected chi connectivity index (χ1v) is 8.15. The molecule has 0 saturated carbocycles. The average Bonchev–Trinajstić information content (AvgIpc) is 2.30. The minimum Gasteiger partial charge on any atom is -0.282 e. The topological polar surface area (TPSA) is 46.2 Å². The third-order valence-electron chi connectivity index (χ3n) is 2.36. The highest BCUT2D eigenvalue weighted by Gasteiger charge is 2.31. The fourth-order valence-electron chi connectivity index (χ4n) is 1.38. The number of rotatable bonds is 6. The highest BCUT2D eigenvalue weighted by Crippen LogP contribution is 2.34. The third kappa shape index (κ3) is 5.38. The molecule has 0 aromatic heterocycles. The SMILES string of the molecule is O=S(=O)(CCCCCl)Nc1ccc(C(F)(F)F)cc1Cl. The predicted octanol–water partition coefficient (Wildman–Crippen LogP) is 4.12. The number of nitrogens with one attached hydrogen (secondary N) is 1. The molecule has 0 spiro atoms. The van der Waals surface area contributed by atoms with Crippen molar-refractivity contribution in [2.45, 2.75) is 19.0 Å². The van der Waals surface area contributed by atoms with Crippen LogP contribution in [0.5, 0.6) is 0 Å². The van der Waals surface area contributed by atoms with Gasteiger partial charge in [-0.1, -0.05) is 11.6 Å². The van der Waals surface area contributed by atoms with Crippen molar-refractivity contribution in [3.8, 4) is 0 Å². The second kappa shape index (κ2) is 6.87. The van der Waals surface area contributed by atoms with E-state index in [1.165, 1.54) is 0 Å². The summed E-state index contributed by atoms with van der Waals surface area (Å²) >= 11 is 11.1. The van der Waals surface area contributed by atoms with Crippen LogP contribution in [0.2, 0.25) is 5.02 Å². The van der Waals surface area contributed by atoms with Gasteiger partial charge in [-0.05, 0) is 31.0 Å². The second-order valence-electron chi connectivity index (χ2n) is 4.01. The molecular weight excluding hydrogens is 338 g/mol. The highest BCUT2D eigenvalue weighted by molar-refractivity contribution is 7.92. The normalized spacial score (nSPS) is 12.4. The van der Waals surface area contributed by atoms with Gasteiger partial charge in [-0.25, -0.2) is 8.42 Å². The van der Waals surface area contributed by atoms with Crippen LogP contribution < -0.4 is 4.72 Å². The zero-order valence-electron chi connectivity index (χ0n) is 10.2. The average molecular weight is 350 g/mol. The number of sulfonamides is 1. The van der Waals surface area contributed by atoms with Crippen LogP contribution in [-0.4, -0.2) is 20.1 Å². The van der Waals surface area contributed by atoms with E-state index in [0.29, 0.717) is 24.8 Å². The number of benzene rings is 1. The first kappa shape index (κ1) is 17.4. The number of alkyl halides is 4. The molecule has 1 aromatic rings. The van der Waals surface area contributed by atoms with Crippen LogP contribution in [0, 0.1) is 0 Å². The molecule has 0 bridgehead atoms. The molecule has 1 aromatic carbocycles. The van der Waals surface area contributed by atoms with E-state index in [0.717, 1.165) is 12.1 Å². The van der Waals surface area contributed by atoms with Crippen molar-refractivity contribution in [3.63, 3.8) is 0 Å². The van der Waals surface area contributed by atoms with Crippen molar-refractivity contribution < 1.29 is 21.6 Å². The van der Waals surface area contributed by atoms with Crippen molar-refractivity contribution in [3.05, 3.63) is 28.8 Å². The summed E-state index contributed by atoms with van der Waals surface area (Å²) in [7, 11) is -3.65. The van der Waals surface area contributed by atoms with Crippen LogP contribution in [0.4, 0.5) is 18.9 Å². The van der Waals surface area contributed by atoms with E-state index in [1.807, 2.05) is 0 Å². The Morgan fingerprint density at radius 2 is 1.85 bits per heavy atom. The Morgan fingerprint density at radius 1 is 1.20 bits per heavy atom. The van der Waals surface area contributed by atoms with Crippen LogP contribution in [0.15, 0.2) is 18.2 Å². The zero-order valence-corrected chi connectivity index (χ0v) is 12.5. The van der Waals surface area contributed by atoms with Crippen molar-refractivity contribution in [2.24, 2.45) is 0 Å². The molecule has 0 heterocycles. The molecule has 114 valence electrons.